The molecule has 6 nitrogen and oxygen atoms in total. The first-order valence-electron chi connectivity index (χ1n) is 5.55. The number of hydroxylamine groups is 1. The Balaban J connectivity index is 2.35. The molecule has 0 aliphatic heterocycles. The van der Waals surface area contributed by atoms with Gasteiger partial charge < -0.3 is 11.5 Å². The van der Waals surface area contributed by atoms with Crippen LogP contribution in [-0.4, -0.2) is 25.0 Å². The van der Waals surface area contributed by atoms with Gasteiger partial charge in [0.2, 0.25) is 11.8 Å². The zero-order valence-corrected chi connectivity index (χ0v) is 9.28. The zero-order valence-electron chi connectivity index (χ0n) is 9.28. The van der Waals surface area contributed by atoms with E-state index >= 15 is 0 Å². The van der Waals surface area contributed by atoms with Gasteiger partial charge in [-0.3, -0.25) is 14.4 Å². The van der Waals surface area contributed by atoms with E-state index in [1.807, 2.05) is 0 Å². The smallest absolute Gasteiger partial charge is 0.246 e. The van der Waals surface area contributed by atoms with Gasteiger partial charge in [-0.1, -0.05) is 12.8 Å². The molecule has 2 atom stereocenters. The van der Waals surface area contributed by atoms with Crippen LogP contribution in [0.4, 0.5) is 0 Å². The van der Waals surface area contributed by atoms with Crippen molar-refractivity contribution in [1.82, 2.24) is 5.48 Å². The average Bonchev–Trinajstić information content (AvgIpc) is 2.28. The average molecular weight is 229 g/mol. The standard InChI is InChI=1S/C10H19N3O3/c11-5-7-3-1-2-4-8(7)10(15)13-16-6-9(12)14/h7-8H,1-6,11H2,(H2,12,14)(H,13,15). The van der Waals surface area contributed by atoms with E-state index in [-0.39, 0.29) is 24.3 Å². The number of amides is 2. The summed E-state index contributed by atoms with van der Waals surface area (Å²) >= 11 is 0. The Hall–Kier alpha value is -1.14. The second-order valence-electron chi connectivity index (χ2n) is 4.11. The minimum atomic E-state index is -0.612. The fourth-order valence-electron chi connectivity index (χ4n) is 2.09. The summed E-state index contributed by atoms with van der Waals surface area (Å²) in [5, 5.41) is 0. The van der Waals surface area contributed by atoms with Crippen LogP contribution in [0.3, 0.4) is 0 Å². The molecule has 0 spiro atoms. The number of hydrogen-bond donors (Lipinski definition) is 3. The summed E-state index contributed by atoms with van der Waals surface area (Å²) in [7, 11) is 0. The van der Waals surface area contributed by atoms with Gasteiger partial charge in [0.15, 0.2) is 6.61 Å². The van der Waals surface area contributed by atoms with Crippen LogP contribution in [0, 0.1) is 11.8 Å². The topological polar surface area (TPSA) is 107 Å². The predicted molar refractivity (Wildman–Crippen MR) is 57.8 cm³/mol. The largest absolute Gasteiger partial charge is 0.368 e. The minimum Gasteiger partial charge on any atom is -0.368 e. The Bertz CT molecular complexity index is 258. The molecule has 0 aromatic rings. The molecule has 0 radical (unpaired) electrons. The van der Waals surface area contributed by atoms with E-state index in [1.54, 1.807) is 0 Å². The van der Waals surface area contributed by atoms with Crippen molar-refractivity contribution < 1.29 is 14.4 Å². The van der Waals surface area contributed by atoms with Crippen LogP contribution in [0.25, 0.3) is 0 Å². The fourth-order valence-corrected chi connectivity index (χ4v) is 2.09. The molecule has 1 aliphatic carbocycles. The molecule has 0 aromatic heterocycles. The van der Waals surface area contributed by atoms with Gasteiger partial charge in [-0.25, -0.2) is 5.48 Å². The van der Waals surface area contributed by atoms with E-state index in [9.17, 15) is 9.59 Å². The highest BCUT2D eigenvalue weighted by Crippen LogP contribution is 2.29. The van der Waals surface area contributed by atoms with Gasteiger partial charge in [-0.2, -0.15) is 0 Å². The van der Waals surface area contributed by atoms with Crippen LogP contribution in [-0.2, 0) is 14.4 Å². The summed E-state index contributed by atoms with van der Waals surface area (Å²) in [6.45, 7) is 0.208. The molecular weight excluding hydrogens is 210 g/mol. The first kappa shape index (κ1) is 12.9. The lowest BCUT2D eigenvalue weighted by Gasteiger charge is -2.29. The normalized spacial score (nSPS) is 25.1. The maximum atomic E-state index is 11.7. The molecule has 0 aromatic carbocycles. The van der Waals surface area contributed by atoms with Crippen LogP contribution in [0.15, 0.2) is 0 Å². The SMILES string of the molecule is NCC1CCCCC1C(=O)NOCC(N)=O. The maximum absolute atomic E-state index is 11.7. The van der Waals surface area contributed by atoms with Gasteiger partial charge in [-0.15, -0.1) is 0 Å². The summed E-state index contributed by atoms with van der Waals surface area (Å²) in [4.78, 5) is 26.8. The van der Waals surface area contributed by atoms with Crippen molar-refractivity contribution in [2.24, 2.45) is 23.3 Å². The molecule has 1 saturated carbocycles. The van der Waals surface area contributed by atoms with Gasteiger partial charge >= 0.3 is 0 Å². The van der Waals surface area contributed by atoms with E-state index in [1.165, 1.54) is 0 Å². The quantitative estimate of drug-likeness (QED) is 0.541. The molecule has 5 N–H and O–H groups in total. The van der Waals surface area contributed by atoms with Crippen molar-refractivity contribution >= 4 is 11.8 Å². The maximum Gasteiger partial charge on any atom is 0.246 e. The third-order valence-electron chi connectivity index (χ3n) is 2.94. The highest BCUT2D eigenvalue weighted by atomic mass is 16.7. The molecule has 0 bridgehead atoms. The molecule has 2 unspecified atom stereocenters. The lowest BCUT2D eigenvalue weighted by Crippen LogP contribution is -2.40. The molecule has 16 heavy (non-hydrogen) atoms. The van der Waals surface area contributed by atoms with Crippen molar-refractivity contribution in [1.29, 1.82) is 0 Å². The van der Waals surface area contributed by atoms with Gasteiger partial charge in [-0.05, 0) is 25.3 Å². The van der Waals surface area contributed by atoms with Crippen LogP contribution in [0.2, 0.25) is 0 Å². The minimum absolute atomic E-state index is 0.105. The molecule has 1 aliphatic rings. The molecule has 1 rings (SSSR count). The number of nitrogens with one attached hydrogen (secondary N) is 1. The number of nitrogens with two attached hydrogens (primary N) is 2. The predicted octanol–water partition coefficient (Wildman–Crippen LogP) is -0.715. The lowest BCUT2D eigenvalue weighted by molar-refractivity contribution is -0.143. The Kier molecular flexibility index (Phi) is 5.21. The highest BCUT2D eigenvalue weighted by molar-refractivity contribution is 5.79. The Labute approximate surface area is 94.6 Å². The summed E-state index contributed by atoms with van der Waals surface area (Å²) < 4.78 is 0. The van der Waals surface area contributed by atoms with Gasteiger partial charge in [0.25, 0.3) is 0 Å². The van der Waals surface area contributed by atoms with Crippen LogP contribution in [0.1, 0.15) is 25.7 Å². The second-order valence-corrected chi connectivity index (χ2v) is 4.11. The second kappa shape index (κ2) is 6.44. The van der Waals surface area contributed by atoms with E-state index < -0.39 is 5.91 Å². The first-order chi connectivity index (χ1) is 7.65. The fraction of sp³-hybridized carbons (Fsp3) is 0.800. The van der Waals surface area contributed by atoms with Crippen molar-refractivity contribution in [3.63, 3.8) is 0 Å². The van der Waals surface area contributed by atoms with Gasteiger partial charge in [0.05, 0.1) is 0 Å². The first-order valence-corrected chi connectivity index (χ1v) is 5.55. The summed E-state index contributed by atoms with van der Waals surface area (Å²) in [5.74, 6) is -0.701. The number of hydrogen-bond acceptors (Lipinski definition) is 4. The Morgan fingerprint density at radius 2 is 2.00 bits per heavy atom. The zero-order chi connectivity index (χ0) is 12.0. The summed E-state index contributed by atoms with van der Waals surface area (Å²) in [6.07, 6.45) is 3.95. The molecule has 92 valence electrons. The molecular formula is C10H19N3O3. The monoisotopic (exact) mass is 229 g/mol. The Morgan fingerprint density at radius 1 is 1.31 bits per heavy atom. The molecule has 1 fully saturated rings. The third kappa shape index (κ3) is 3.79. The van der Waals surface area contributed by atoms with Crippen molar-refractivity contribution in [2.45, 2.75) is 25.7 Å². The summed E-state index contributed by atoms with van der Waals surface area (Å²) in [6, 6.07) is 0. The number of carbonyl (C=O) groups excluding carboxylic acids is 2. The van der Waals surface area contributed by atoms with Crippen LogP contribution < -0.4 is 16.9 Å². The number of carbonyl (C=O) groups is 2. The molecule has 0 saturated heterocycles. The Morgan fingerprint density at radius 3 is 2.62 bits per heavy atom. The lowest BCUT2D eigenvalue weighted by atomic mass is 9.79. The van der Waals surface area contributed by atoms with Crippen LogP contribution >= 0.6 is 0 Å². The van der Waals surface area contributed by atoms with Crippen molar-refractivity contribution in [3.8, 4) is 0 Å². The number of rotatable bonds is 5. The number of primary amides is 1. The van der Waals surface area contributed by atoms with E-state index in [0.29, 0.717) is 6.54 Å². The van der Waals surface area contributed by atoms with Gasteiger partial charge in [0, 0.05) is 5.92 Å². The van der Waals surface area contributed by atoms with Crippen molar-refractivity contribution in [3.05, 3.63) is 0 Å². The molecule has 2 amide bonds. The molecule has 6 heteroatoms. The third-order valence-corrected chi connectivity index (χ3v) is 2.94. The van der Waals surface area contributed by atoms with E-state index in [0.717, 1.165) is 25.7 Å². The van der Waals surface area contributed by atoms with E-state index in [4.69, 9.17) is 11.5 Å². The summed E-state index contributed by atoms with van der Waals surface area (Å²) in [5.41, 5.74) is 12.7. The van der Waals surface area contributed by atoms with Crippen molar-refractivity contribution in [2.75, 3.05) is 13.2 Å². The highest BCUT2D eigenvalue weighted by Gasteiger charge is 2.29. The van der Waals surface area contributed by atoms with Crippen LogP contribution in [0.5, 0.6) is 0 Å². The van der Waals surface area contributed by atoms with E-state index in [2.05, 4.69) is 10.3 Å². The van der Waals surface area contributed by atoms with Gasteiger partial charge in [0.1, 0.15) is 0 Å². The molecule has 0 heterocycles.